The second kappa shape index (κ2) is 4.97. The zero-order valence-electron chi connectivity index (χ0n) is 9.37. The summed E-state index contributed by atoms with van der Waals surface area (Å²) in [4.78, 5) is 25.6. The van der Waals surface area contributed by atoms with E-state index in [1.807, 2.05) is 0 Å². The molecule has 1 amide bonds. The molecule has 0 aliphatic heterocycles. The van der Waals surface area contributed by atoms with Crippen LogP contribution in [0.2, 0.25) is 0 Å². The van der Waals surface area contributed by atoms with Crippen LogP contribution in [0.3, 0.4) is 0 Å². The number of halogens is 1. The van der Waals surface area contributed by atoms with Gasteiger partial charge in [0, 0.05) is 18.0 Å². The van der Waals surface area contributed by atoms with Crippen LogP contribution in [0.1, 0.15) is 10.4 Å². The van der Waals surface area contributed by atoms with Crippen LogP contribution in [-0.2, 0) is 0 Å². The Balaban J connectivity index is 2.56. The quantitative estimate of drug-likeness (QED) is 0.737. The number of rotatable bonds is 3. The Bertz CT molecular complexity index is 651. The molecular weight excluding hydrogens is 239 g/mol. The lowest BCUT2D eigenvalue weighted by Gasteiger charge is -2.06. The van der Waals surface area contributed by atoms with Crippen LogP contribution in [-0.4, -0.2) is 29.1 Å². The van der Waals surface area contributed by atoms with Crippen molar-refractivity contribution in [2.45, 2.75) is 0 Å². The third kappa shape index (κ3) is 2.38. The molecule has 5 nitrogen and oxygen atoms in total. The molecule has 18 heavy (non-hydrogen) atoms. The van der Waals surface area contributed by atoms with E-state index in [1.54, 1.807) is 0 Å². The van der Waals surface area contributed by atoms with E-state index in [0.717, 1.165) is 12.1 Å². The molecule has 2 aromatic rings. The molecule has 0 aliphatic carbocycles. The third-order valence-corrected chi connectivity index (χ3v) is 2.45. The Morgan fingerprint density at radius 3 is 2.89 bits per heavy atom. The van der Waals surface area contributed by atoms with Crippen molar-refractivity contribution in [3.05, 3.63) is 46.0 Å². The van der Waals surface area contributed by atoms with Gasteiger partial charge in [0.25, 0.3) is 5.91 Å². The van der Waals surface area contributed by atoms with E-state index in [1.165, 1.54) is 12.1 Å². The topological polar surface area (TPSA) is 82.2 Å². The van der Waals surface area contributed by atoms with Crippen LogP contribution in [0, 0.1) is 5.82 Å². The number of carbonyl (C=O) groups is 1. The number of fused-ring (bicyclic) bond motifs is 1. The molecule has 2 rings (SSSR count). The van der Waals surface area contributed by atoms with E-state index in [2.05, 4.69) is 10.3 Å². The summed E-state index contributed by atoms with van der Waals surface area (Å²) in [5.74, 6) is -0.974. The van der Waals surface area contributed by atoms with Crippen molar-refractivity contribution < 1.29 is 14.3 Å². The molecule has 0 fully saturated rings. The van der Waals surface area contributed by atoms with Gasteiger partial charge in [0.15, 0.2) is 0 Å². The summed E-state index contributed by atoms with van der Waals surface area (Å²) < 4.78 is 13.0. The van der Waals surface area contributed by atoms with Crippen LogP contribution in [0.25, 0.3) is 10.9 Å². The normalized spacial score (nSPS) is 10.6. The molecular formula is C12H11FN2O3. The van der Waals surface area contributed by atoms with E-state index in [4.69, 9.17) is 5.11 Å². The summed E-state index contributed by atoms with van der Waals surface area (Å²) in [5.41, 5.74) is -0.0684. The smallest absolute Gasteiger partial charge is 0.252 e. The van der Waals surface area contributed by atoms with Crippen molar-refractivity contribution in [3.63, 3.8) is 0 Å². The Kier molecular flexibility index (Phi) is 3.38. The van der Waals surface area contributed by atoms with Crippen molar-refractivity contribution in [1.82, 2.24) is 10.3 Å². The number of hydrogen-bond donors (Lipinski definition) is 3. The van der Waals surface area contributed by atoms with Crippen LogP contribution in [0.5, 0.6) is 0 Å². The fourth-order valence-corrected chi connectivity index (χ4v) is 1.68. The molecule has 0 aliphatic rings. The van der Waals surface area contributed by atoms with Crippen molar-refractivity contribution in [3.8, 4) is 0 Å². The summed E-state index contributed by atoms with van der Waals surface area (Å²) in [6.07, 6.45) is 0. The Labute approximate surface area is 101 Å². The molecule has 0 atom stereocenters. The van der Waals surface area contributed by atoms with Crippen molar-refractivity contribution >= 4 is 16.8 Å². The number of carbonyl (C=O) groups excluding carboxylic acids is 1. The zero-order valence-corrected chi connectivity index (χ0v) is 9.37. The van der Waals surface area contributed by atoms with E-state index in [0.29, 0.717) is 5.39 Å². The van der Waals surface area contributed by atoms with Crippen LogP contribution < -0.4 is 10.9 Å². The first-order chi connectivity index (χ1) is 8.61. The second-order valence-corrected chi connectivity index (χ2v) is 3.72. The number of H-pyrrole nitrogens is 1. The monoisotopic (exact) mass is 250 g/mol. The van der Waals surface area contributed by atoms with Gasteiger partial charge in [0.1, 0.15) is 5.82 Å². The zero-order chi connectivity index (χ0) is 13.1. The minimum Gasteiger partial charge on any atom is -0.395 e. The molecule has 0 saturated heterocycles. The van der Waals surface area contributed by atoms with Crippen molar-refractivity contribution in [1.29, 1.82) is 0 Å². The molecule has 6 heteroatoms. The fourth-order valence-electron chi connectivity index (χ4n) is 1.68. The maximum Gasteiger partial charge on any atom is 0.252 e. The van der Waals surface area contributed by atoms with Gasteiger partial charge in [-0.05, 0) is 18.2 Å². The number of aliphatic hydroxyl groups excluding tert-OH is 1. The standard InChI is InChI=1S/C12H11FN2O3/c13-7-1-2-8-9(12(18)14-3-4-16)6-11(17)15-10(8)5-7/h1-2,5-6,16H,3-4H2,(H,14,18)(H,15,17). The summed E-state index contributed by atoms with van der Waals surface area (Å²) in [6, 6.07) is 4.93. The van der Waals surface area contributed by atoms with Crippen molar-refractivity contribution in [2.24, 2.45) is 0 Å². The number of pyridine rings is 1. The highest BCUT2D eigenvalue weighted by atomic mass is 19.1. The van der Waals surface area contributed by atoms with Gasteiger partial charge in [-0.1, -0.05) is 0 Å². The molecule has 94 valence electrons. The number of hydrogen-bond acceptors (Lipinski definition) is 3. The number of amides is 1. The number of benzene rings is 1. The molecule has 1 aromatic carbocycles. The average molecular weight is 250 g/mol. The number of aromatic nitrogens is 1. The molecule has 0 saturated carbocycles. The Morgan fingerprint density at radius 1 is 1.39 bits per heavy atom. The van der Waals surface area contributed by atoms with E-state index in [-0.39, 0.29) is 24.2 Å². The first kappa shape index (κ1) is 12.3. The maximum absolute atomic E-state index is 13.0. The summed E-state index contributed by atoms with van der Waals surface area (Å²) in [5, 5.41) is 11.5. The van der Waals surface area contributed by atoms with Gasteiger partial charge in [-0.3, -0.25) is 9.59 Å². The lowest BCUT2D eigenvalue weighted by atomic mass is 10.1. The van der Waals surface area contributed by atoms with Gasteiger partial charge in [0.2, 0.25) is 5.56 Å². The van der Waals surface area contributed by atoms with Crippen LogP contribution in [0.15, 0.2) is 29.1 Å². The summed E-state index contributed by atoms with van der Waals surface area (Å²) in [6.45, 7) is -0.101. The number of aliphatic hydroxyl groups is 1. The molecule has 0 bridgehead atoms. The molecule has 0 radical (unpaired) electrons. The summed E-state index contributed by atoms with van der Waals surface area (Å²) >= 11 is 0. The van der Waals surface area contributed by atoms with Gasteiger partial charge in [0.05, 0.1) is 17.7 Å². The molecule has 0 spiro atoms. The van der Waals surface area contributed by atoms with Gasteiger partial charge in [-0.2, -0.15) is 0 Å². The van der Waals surface area contributed by atoms with Gasteiger partial charge in [-0.15, -0.1) is 0 Å². The number of nitrogens with one attached hydrogen (secondary N) is 2. The summed E-state index contributed by atoms with van der Waals surface area (Å²) in [7, 11) is 0. The highest BCUT2D eigenvalue weighted by molar-refractivity contribution is 6.05. The molecule has 0 unspecified atom stereocenters. The average Bonchev–Trinajstić information content (AvgIpc) is 2.34. The minimum atomic E-state index is -0.494. The van der Waals surface area contributed by atoms with E-state index >= 15 is 0 Å². The third-order valence-electron chi connectivity index (χ3n) is 2.45. The Morgan fingerprint density at radius 2 is 2.17 bits per heavy atom. The highest BCUT2D eigenvalue weighted by Gasteiger charge is 2.11. The SMILES string of the molecule is O=C(NCCO)c1cc(=O)[nH]c2cc(F)ccc12. The predicted octanol–water partition coefficient (Wildman–Crippen LogP) is 0.389. The molecule has 3 N–H and O–H groups in total. The fraction of sp³-hybridized carbons (Fsp3) is 0.167. The van der Waals surface area contributed by atoms with E-state index in [9.17, 15) is 14.0 Å². The van der Waals surface area contributed by atoms with Crippen LogP contribution >= 0.6 is 0 Å². The van der Waals surface area contributed by atoms with Gasteiger partial charge < -0.3 is 15.4 Å². The predicted molar refractivity (Wildman–Crippen MR) is 63.9 cm³/mol. The highest BCUT2D eigenvalue weighted by Crippen LogP contribution is 2.16. The van der Waals surface area contributed by atoms with Gasteiger partial charge >= 0.3 is 0 Å². The lowest BCUT2D eigenvalue weighted by Crippen LogP contribution is -2.27. The molecule has 1 heterocycles. The first-order valence-corrected chi connectivity index (χ1v) is 5.33. The first-order valence-electron chi connectivity index (χ1n) is 5.33. The Hall–Kier alpha value is -2.21. The maximum atomic E-state index is 13.0. The largest absolute Gasteiger partial charge is 0.395 e. The second-order valence-electron chi connectivity index (χ2n) is 3.72. The minimum absolute atomic E-state index is 0.0916. The van der Waals surface area contributed by atoms with Gasteiger partial charge in [-0.25, -0.2) is 4.39 Å². The molecule has 1 aromatic heterocycles. The number of aromatic amines is 1. The van der Waals surface area contributed by atoms with Crippen molar-refractivity contribution in [2.75, 3.05) is 13.2 Å². The van der Waals surface area contributed by atoms with E-state index < -0.39 is 17.3 Å². The lowest BCUT2D eigenvalue weighted by molar-refractivity contribution is 0.0946. The van der Waals surface area contributed by atoms with Crippen LogP contribution in [0.4, 0.5) is 4.39 Å².